The zero-order valence-corrected chi connectivity index (χ0v) is 18.1. The number of nitrogens with zero attached hydrogens (tertiary/aromatic N) is 4. The summed E-state index contributed by atoms with van der Waals surface area (Å²) in [6.07, 6.45) is 2.69. The number of carbonyl (C=O) groups excluding carboxylic acids is 1. The number of ether oxygens (including phenoxy) is 1. The molecule has 0 aliphatic carbocycles. The highest BCUT2D eigenvalue weighted by molar-refractivity contribution is 7.89. The van der Waals surface area contributed by atoms with Crippen LogP contribution >= 0.6 is 0 Å². The van der Waals surface area contributed by atoms with E-state index in [1.165, 1.54) is 4.31 Å². The number of nitrogens with one attached hydrogen (secondary N) is 1. The van der Waals surface area contributed by atoms with Crippen molar-refractivity contribution >= 4 is 32.7 Å². The third kappa shape index (κ3) is 4.70. The van der Waals surface area contributed by atoms with Crippen LogP contribution in [0.4, 0.5) is 5.69 Å². The fourth-order valence-electron chi connectivity index (χ4n) is 3.64. The molecule has 164 valence electrons. The molecule has 1 saturated heterocycles. The number of anilines is 1. The van der Waals surface area contributed by atoms with Crippen LogP contribution in [-0.4, -0.2) is 53.8 Å². The zero-order valence-electron chi connectivity index (χ0n) is 17.3. The maximum atomic E-state index is 12.7. The first-order valence-electron chi connectivity index (χ1n) is 10.2. The third-order valence-electron chi connectivity index (χ3n) is 5.34. The van der Waals surface area contributed by atoms with E-state index < -0.39 is 10.0 Å². The van der Waals surface area contributed by atoms with E-state index in [2.05, 4.69) is 15.6 Å². The predicted molar refractivity (Wildman–Crippen MR) is 116 cm³/mol. The second-order valence-electron chi connectivity index (χ2n) is 7.45. The van der Waals surface area contributed by atoms with E-state index >= 15 is 0 Å². The highest BCUT2D eigenvalue weighted by Crippen LogP contribution is 2.24. The van der Waals surface area contributed by atoms with E-state index in [1.54, 1.807) is 54.3 Å². The lowest BCUT2D eigenvalue weighted by molar-refractivity contribution is -0.116. The maximum absolute atomic E-state index is 12.7. The van der Waals surface area contributed by atoms with Crippen molar-refractivity contribution in [2.45, 2.75) is 37.1 Å². The number of fused-ring (bicyclic) bond motifs is 1. The van der Waals surface area contributed by atoms with Crippen LogP contribution in [0.3, 0.4) is 0 Å². The number of aryl methyl sites for hydroxylation is 1. The topological polar surface area (TPSA) is 106 Å². The average molecular weight is 444 g/mol. The van der Waals surface area contributed by atoms with Crippen LogP contribution in [0.2, 0.25) is 0 Å². The first kappa shape index (κ1) is 21.3. The molecule has 1 aliphatic rings. The number of sulfonamides is 1. The van der Waals surface area contributed by atoms with E-state index in [-0.39, 0.29) is 10.8 Å². The van der Waals surface area contributed by atoms with Crippen molar-refractivity contribution in [2.24, 2.45) is 0 Å². The molecule has 1 fully saturated rings. The summed E-state index contributed by atoms with van der Waals surface area (Å²) in [5.41, 5.74) is 1.99. The van der Waals surface area contributed by atoms with Crippen molar-refractivity contribution in [1.29, 1.82) is 0 Å². The van der Waals surface area contributed by atoms with Gasteiger partial charge in [0.2, 0.25) is 15.9 Å². The Bertz CT molecular complexity index is 1170. The SMILES string of the molecule is COc1ccc(NC(=O)CCCn2nnc3cc(S(=O)(=O)N4CCCC4)ccc32)cc1. The third-order valence-corrected chi connectivity index (χ3v) is 7.23. The van der Waals surface area contributed by atoms with Gasteiger partial charge in [0.25, 0.3) is 0 Å². The van der Waals surface area contributed by atoms with Crippen LogP contribution in [0.5, 0.6) is 5.75 Å². The molecule has 1 N–H and O–H groups in total. The lowest BCUT2D eigenvalue weighted by Crippen LogP contribution is -2.27. The molecule has 0 unspecified atom stereocenters. The van der Waals surface area contributed by atoms with E-state index in [0.717, 1.165) is 24.1 Å². The summed E-state index contributed by atoms with van der Waals surface area (Å²) in [7, 11) is -1.90. The Morgan fingerprint density at radius 1 is 1.13 bits per heavy atom. The van der Waals surface area contributed by atoms with Crippen LogP contribution in [0.1, 0.15) is 25.7 Å². The van der Waals surface area contributed by atoms with Crippen molar-refractivity contribution in [3.8, 4) is 5.75 Å². The van der Waals surface area contributed by atoms with Gasteiger partial charge in [0, 0.05) is 31.7 Å². The molecule has 10 heteroatoms. The lowest BCUT2D eigenvalue weighted by Gasteiger charge is -2.15. The van der Waals surface area contributed by atoms with Gasteiger partial charge in [0.15, 0.2) is 0 Å². The lowest BCUT2D eigenvalue weighted by atomic mass is 10.2. The van der Waals surface area contributed by atoms with Crippen LogP contribution in [-0.2, 0) is 21.4 Å². The molecule has 31 heavy (non-hydrogen) atoms. The number of hydrogen-bond acceptors (Lipinski definition) is 6. The Hall–Kier alpha value is -2.98. The van der Waals surface area contributed by atoms with Gasteiger partial charge in [-0.05, 0) is 61.7 Å². The van der Waals surface area contributed by atoms with Gasteiger partial charge in [-0.15, -0.1) is 5.10 Å². The molecule has 0 saturated carbocycles. The zero-order chi connectivity index (χ0) is 21.8. The standard InChI is InChI=1S/C21H25N5O4S/c1-30-17-8-6-16(7-9-17)22-21(27)5-4-14-26-20-11-10-18(15-19(20)23-24-26)31(28,29)25-12-2-3-13-25/h6-11,15H,2-5,12-14H2,1H3,(H,22,27). The summed E-state index contributed by atoms with van der Waals surface area (Å²) in [6, 6.07) is 12.1. The molecule has 2 aromatic carbocycles. The molecule has 1 aromatic heterocycles. The van der Waals surface area contributed by atoms with Gasteiger partial charge in [-0.1, -0.05) is 5.21 Å². The Morgan fingerprint density at radius 3 is 2.58 bits per heavy atom. The van der Waals surface area contributed by atoms with Gasteiger partial charge < -0.3 is 10.1 Å². The van der Waals surface area contributed by atoms with Gasteiger partial charge in [0.05, 0.1) is 17.5 Å². The number of hydrogen-bond donors (Lipinski definition) is 1. The molecule has 0 radical (unpaired) electrons. The minimum absolute atomic E-state index is 0.0893. The summed E-state index contributed by atoms with van der Waals surface area (Å²) in [6.45, 7) is 1.63. The fourth-order valence-corrected chi connectivity index (χ4v) is 5.18. The Kier molecular flexibility index (Phi) is 6.19. The smallest absolute Gasteiger partial charge is 0.243 e. The van der Waals surface area contributed by atoms with Crippen LogP contribution in [0, 0.1) is 0 Å². The van der Waals surface area contributed by atoms with Crippen molar-refractivity contribution in [3.63, 3.8) is 0 Å². The minimum atomic E-state index is -3.49. The van der Waals surface area contributed by atoms with Gasteiger partial charge in [-0.3, -0.25) is 4.79 Å². The van der Waals surface area contributed by atoms with Crippen LogP contribution in [0.25, 0.3) is 11.0 Å². The van der Waals surface area contributed by atoms with Gasteiger partial charge >= 0.3 is 0 Å². The number of benzene rings is 2. The minimum Gasteiger partial charge on any atom is -0.497 e. The van der Waals surface area contributed by atoms with Crippen LogP contribution in [0.15, 0.2) is 47.4 Å². The maximum Gasteiger partial charge on any atom is 0.243 e. The quantitative estimate of drug-likeness (QED) is 0.574. The molecule has 0 spiro atoms. The number of amides is 1. The molecular formula is C21H25N5O4S. The van der Waals surface area contributed by atoms with Crippen molar-refractivity contribution in [2.75, 3.05) is 25.5 Å². The predicted octanol–water partition coefficient (Wildman–Crippen LogP) is 2.64. The molecule has 0 bridgehead atoms. The first-order chi connectivity index (χ1) is 15.0. The molecule has 1 aliphatic heterocycles. The number of methoxy groups -OCH3 is 1. The summed E-state index contributed by atoms with van der Waals surface area (Å²) >= 11 is 0. The first-order valence-corrected chi connectivity index (χ1v) is 11.7. The van der Waals surface area contributed by atoms with E-state index in [4.69, 9.17) is 4.74 Å². The highest BCUT2D eigenvalue weighted by Gasteiger charge is 2.27. The monoisotopic (exact) mass is 443 g/mol. The second-order valence-corrected chi connectivity index (χ2v) is 9.39. The highest BCUT2D eigenvalue weighted by atomic mass is 32.2. The molecule has 9 nitrogen and oxygen atoms in total. The normalized spacial score (nSPS) is 14.7. The number of carbonyl (C=O) groups is 1. The van der Waals surface area contributed by atoms with Gasteiger partial charge in [-0.25, -0.2) is 13.1 Å². The van der Waals surface area contributed by atoms with Gasteiger partial charge in [0.1, 0.15) is 11.3 Å². The second kappa shape index (κ2) is 9.03. The van der Waals surface area contributed by atoms with Crippen LogP contribution < -0.4 is 10.1 Å². The molecular weight excluding hydrogens is 418 g/mol. The summed E-state index contributed by atoms with van der Waals surface area (Å²) in [4.78, 5) is 12.4. The Labute approximate surface area is 181 Å². The summed E-state index contributed by atoms with van der Waals surface area (Å²) < 4.78 is 33.8. The fraction of sp³-hybridized carbons (Fsp3) is 0.381. The summed E-state index contributed by atoms with van der Waals surface area (Å²) in [5, 5.41) is 11.1. The van der Waals surface area contributed by atoms with E-state index in [1.807, 2.05) is 0 Å². The van der Waals surface area contributed by atoms with Crippen molar-refractivity contribution < 1.29 is 17.9 Å². The van der Waals surface area contributed by atoms with Crippen molar-refractivity contribution in [3.05, 3.63) is 42.5 Å². The molecule has 4 rings (SSSR count). The Balaban J connectivity index is 1.36. The van der Waals surface area contributed by atoms with Crippen molar-refractivity contribution in [1.82, 2.24) is 19.3 Å². The molecule has 2 heterocycles. The Morgan fingerprint density at radius 2 is 1.87 bits per heavy atom. The van der Waals surface area contributed by atoms with E-state index in [0.29, 0.717) is 43.7 Å². The number of rotatable bonds is 8. The molecule has 0 atom stereocenters. The summed E-state index contributed by atoms with van der Waals surface area (Å²) in [5.74, 6) is 0.640. The van der Waals surface area contributed by atoms with E-state index in [9.17, 15) is 13.2 Å². The largest absolute Gasteiger partial charge is 0.497 e. The molecule has 3 aromatic rings. The molecule has 1 amide bonds. The van der Waals surface area contributed by atoms with Gasteiger partial charge in [-0.2, -0.15) is 4.31 Å². The average Bonchev–Trinajstić information content (AvgIpc) is 3.45. The number of aromatic nitrogens is 3.